The van der Waals surface area contributed by atoms with Crippen molar-refractivity contribution in [2.75, 3.05) is 24.5 Å². The van der Waals surface area contributed by atoms with Gasteiger partial charge in [-0.05, 0) is 38.8 Å². The van der Waals surface area contributed by atoms with Gasteiger partial charge in [0, 0.05) is 31.2 Å². The molecule has 6 heteroatoms. The lowest BCUT2D eigenvalue weighted by molar-refractivity contribution is -0.139. The number of nitrogens with zero attached hydrogens (tertiary/aromatic N) is 2. The number of benzene rings is 1. The summed E-state index contributed by atoms with van der Waals surface area (Å²) in [5.74, 6) is -0.741. The van der Waals surface area contributed by atoms with E-state index in [1.54, 1.807) is 4.90 Å². The Morgan fingerprint density at radius 1 is 1.27 bits per heavy atom. The molecule has 1 fully saturated rings. The van der Waals surface area contributed by atoms with Crippen molar-refractivity contribution in [3.63, 3.8) is 0 Å². The van der Waals surface area contributed by atoms with Gasteiger partial charge in [-0.15, -0.1) is 0 Å². The van der Waals surface area contributed by atoms with Crippen molar-refractivity contribution in [1.29, 1.82) is 0 Å². The third-order valence-electron chi connectivity index (χ3n) is 4.62. The summed E-state index contributed by atoms with van der Waals surface area (Å²) in [6.45, 7) is 8.51. The predicted molar refractivity (Wildman–Crippen MR) is 102 cm³/mol. The van der Waals surface area contributed by atoms with Crippen molar-refractivity contribution in [3.8, 4) is 0 Å². The lowest BCUT2D eigenvalue weighted by Crippen LogP contribution is -2.45. The zero-order valence-corrected chi connectivity index (χ0v) is 16.1. The van der Waals surface area contributed by atoms with Crippen LogP contribution in [0.4, 0.5) is 5.69 Å². The monoisotopic (exact) mass is 359 g/mol. The Labute approximate surface area is 155 Å². The first kappa shape index (κ1) is 19.9. The number of nitrogens with one attached hydrogen (secondary N) is 1. The molecule has 0 saturated carbocycles. The fraction of sp³-hybridized carbons (Fsp3) is 0.550. The van der Waals surface area contributed by atoms with Gasteiger partial charge in [0.25, 0.3) is 0 Å². The highest BCUT2D eigenvalue weighted by Crippen LogP contribution is 2.29. The highest BCUT2D eigenvalue weighted by Gasteiger charge is 2.37. The van der Waals surface area contributed by atoms with Gasteiger partial charge >= 0.3 is 0 Å². The Kier molecular flexibility index (Phi) is 6.77. The van der Waals surface area contributed by atoms with Crippen LogP contribution in [0.15, 0.2) is 24.3 Å². The first-order chi connectivity index (χ1) is 12.4. The molecule has 1 N–H and O–H groups in total. The summed E-state index contributed by atoms with van der Waals surface area (Å²) < 4.78 is 0. The molecule has 0 bridgehead atoms. The molecule has 1 aliphatic heterocycles. The van der Waals surface area contributed by atoms with Gasteiger partial charge in [0.15, 0.2) is 0 Å². The third-order valence-corrected chi connectivity index (χ3v) is 4.62. The summed E-state index contributed by atoms with van der Waals surface area (Å²) in [4.78, 5) is 40.6. The lowest BCUT2D eigenvalue weighted by atomic mass is 10.1. The molecule has 1 unspecified atom stereocenters. The van der Waals surface area contributed by atoms with E-state index in [9.17, 15) is 14.4 Å². The van der Waals surface area contributed by atoms with Crippen LogP contribution in [-0.4, -0.2) is 48.3 Å². The molecular formula is C20H29N3O3. The minimum absolute atomic E-state index is 0.0315. The molecule has 1 aromatic carbocycles. The van der Waals surface area contributed by atoms with Crippen LogP contribution >= 0.6 is 0 Å². The molecule has 0 aromatic heterocycles. The fourth-order valence-corrected chi connectivity index (χ4v) is 3.32. The van der Waals surface area contributed by atoms with Crippen LogP contribution < -0.4 is 10.2 Å². The molecule has 1 aromatic rings. The van der Waals surface area contributed by atoms with Crippen LogP contribution in [0.25, 0.3) is 0 Å². The number of carbonyl (C=O) groups excluding carboxylic acids is 3. The Morgan fingerprint density at radius 2 is 1.96 bits per heavy atom. The van der Waals surface area contributed by atoms with Crippen molar-refractivity contribution < 1.29 is 14.4 Å². The summed E-state index contributed by atoms with van der Waals surface area (Å²) in [5.41, 5.74) is 1.98. The second-order valence-electron chi connectivity index (χ2n) is 6.96. The van der Waals surface area contributed by atoms with Crippen molar-refractivity contribution in [1.82, 2.24) is 10.2 Å². The van der Waals surface area contributed by atoms with Gasteiger partial charge in [0.05, 0.1) is 12.5 Å². The molecule has 0 radical (unpaired) electrons. The number of para-hydroxylation sites is 1. The predicted octanol–water partition coefficient (Wildman–Crippen LogP) is 1.97. The molecule has 3 amide bonds. The Morgan fingerprint density at radius 3 is 2.58 bits per heavy atom. The van der Waals surface area contributed by atoms with E-state index >= 15 is 0 Å². The zero-order chi connectivity index (χ0) is 19.3. The number of anilines is 1. The molecule has 0 spiro atoms. The van der Waals surface area contributed by atoms with Crippen LogP contribution in [0.1, 0.15) is 39.7 Å². The maximum atomic E-state index is 12.8. The molecule has 26 heavy (non-hydrogen) atoms. The Bertz CT molecular complexity index is 672. The molecule has 1 saturated heterocycles. The zero-order valence-electron chi connectivity index (χ0n) is 16.1. The summed E-state index contributed by atoms with van der Waals surface area (Å²) in [6.07, 6.45) is 1.02. The van der Waals surface area contributed by atoms with E-state index in [0.29, 0.717) is 13.1 Å². The minimum Gasteiger partial charge on any atom is -0.352 e. The number of hydrogen-bond acceptors (Lipinski definition) is 3. The average molecular weight is 359 g/mol. The van der Waals surface area contributed by atoms with E-state index in [1.165, 1.54) is 4.90 Å². The fourth-order valence-electron chi connectivity index (χ4n) is 3.32. The molecule has 0 aliphatic carbocycles. The van der Waals surface area contributed by atoms with Crippen LogP contribution in [0.5, 0.6) is 0 Å². The molecule has 2 rings (SSSR count). The highest BCUT2D eigenvalue weighted by atomic mass is 16.2. The van der Waals surface area contributed by atoms with E-state index in [0.717, 1.165) is 17.7 Å². The van der Waals surface area contributed by atoms with Crippen molar-refractivity contribution >= 4 is 23.4 Å². The Balaban J connectivity index is 2.08. The van der Waals surface area contributed by atoms with Gasteiger partial charge in [-0.2, -0.15) is 0 Å². The smallest absolute Gasteiger partial charge is 0.239 e. The summed E-state index contributed by atoms with van der Waals surface area (Å²) in [5, 5.41) is 2.80. The SMILES string of the molecule is CCc1ccccc1N1CC(C(=O)N(CC)CC(=O)NC(C)C)CC1=O. The number of hydrogen-bond donors (Lipinski definition) is 1. The topological polar surface area (TPSA) is 69.7 Å². The van der Waals surface area contributed by atoms with Crippen LogP contribution in [-0.2, 0) is 20.8 Å². The average Bonchev–Trinajstić information content (AvgIpc) is 3.00. The standard InChI is InChI=1S/C20H29N3O3/c1-5-15-9-7-8-10-17(15)23-12-16(11-19(23)25)20(26)22(6-2)13-18(24)21-14(3)4/h7-10,14,16H,5-6,11-13H2,1-4H3,(H,21,24). The van der Waals surface area contributed by atoms with Crippen molar-refractivity contribution in [3.05, 3.63) is 29.8 Å². The van der Waals surface area contributed by atoms with Gasteiger partial charge in [0.1, 0.15) is 0 Å². The maximum Gasteiger partial charge on any atom is 0.239 e. The lowest BCUT2D eigenvalue weighted by Gasteiger charge is -2.24. The van der Waals surface area contributed by atoms with E-state index < -0.39 is 5.92 Å². The summed E-state index contributed by atoms with van der Waals surface area (Å²) in [6, 6.07) is 7.83. The molecule has 1 atom stereocenters. The summed E-state index contributed by atoms with van der Waals surface area (Å²) >= 11 is 0. The van der Waals surface area contributed by atoms with Gasteiger partial charge in [0.2, 0.25) is 17.7 Å². The number of likely N-dealkylation sites (N-methyl/N-ethyl adjacent to an activating group) is 1. The third kappa shape index (κ3) is 4.62. The van der Waals surface area contributed by atoms with Gasteiger partial charge < -0.3 is 15.1 Å². The first-order valence-corrected chi connectivity index (χ1v) is 9.33. The minimum atomic E-state index is -0.404. The van der Waals surface area contributed by atoms with E-state index in [2.05, 4.69) is 5.32 Å². The van der Waals surface area contributed by atoms with Crippen LogP contribution in [0.2, 0.25) is 0 Å². The quantitative estimate of drug-likeness (QED) is 0.809. The summed E-state index contributed by atoms with van der Waals surface area (Å²) in [7, 11) is 0. The van der Waals surface area contributed by atoms with Gasteiger partial charge in [-0.25, -0.2) is 0 Å². The molecule has 1 aliphatic rings. The van der Waals surface area contributed by atoms with Crippen molar-refractivity contribution in [2.24, 2.45) is 5.92 Å². The molecule has 142 valence electrons. The van der Waals surface area contributed by atoms with Gasteiger partial charge in [-0.3, -0.25) is 14.4 Å². The highest BCUT2D eigenvalue weighted by molar-refractivity contribution is 6.01. The van der Waals surface area contributed by atoms with E-state index in [1.807, 2.05) is 52.0 Å². The molecule has 1 heterocycles. The van der Waals surface area contributed by atoms with Crippen molar-refractivity contribution in [2.45, 2.75) is 46.6 Å². The second kappa shape index (κ2) is 8.83. The number of aryl methyl sites for hydroxylation is 1. The maximum absolute atomic E-state index is 12.8. The second-order valence-corrected chi connectivity index (χ2v) is 6.96. The van der Waals surface area contributed by atoms with Gasteiger partial charge in [-0.1, -0.05) is 25.1 Å². The largest absolute Gasteiger partial charge is 0.352 e. The first-order valence-electron chi connectivity index (χ1n) is 9.33. The van der Waals surface area contributed by atoms with Crippen LogP contribution in [0.3, 0.4) is 0 Å². The number of amides is 3. The number of carbonyl (C=O) groups is 3. The van der Waals surface area contributed by atoms with E-state index in [4.69, 9.17) is 0 Å². The van der Waals surface area contributed by atoms with Crippen LogP contribution in [0, 0.1) is 5.92 Å². The Hall–Kier alpha value is -2.37. The molecule has 6 nitrogen and oxygen atoms in total. The van der Waals surface area contributed by atoms with E-state index in [-0.39, 0.29) is 36.7 Å². The number of rotatable bonds is 7. The molecular weight excluding hydrogens is 330 g/mol. The normalized spacial score (nSPS) is 16.9.